The molecule has 6 heteroatoms. The average molecular weight is 278 g/mol. The number of aromatic nitrogens is 2. The number of hydrogen-bond donors (Lipinski definition) is 3. The third-order valence-electron chi connectivity index (χ3n) is 4.01. The van der Waals surface area contributed by atoms with E-state index in [1.165, 1.54) is 6.07 Å². The zero-order valence-electron chi connectivity index (χ0n) is 11.5. The lowest BCUT2D eigenvalue weighted by Crippen LogP contribution is -2.38. The van der Waals surface area contributed by atoms with Crippen molar-refractivity contribution in [2.24, 2.45) is 5.41 Å². The summed E-state index contributed by atoms with van der Waals surface area (Å²) in [6.45, 7) is 4.80. The molecule has 0 amide bonds. The predicted molar refractivity (Wildman–Crippen MR) is 76.2 cm³/mol. The number of rotatable bonds is 3. The molecule has 3 rings (SSSR count). The molecule has 0 saturated carbocycles. The second kappa shape index (κ2) is 4.94. The van der Waals surface area contributed by atoms with Crippen molar-refractivity contribution in [2.45, 2.75) is 19.8 Å². The first-order valence-corrected chi connectivity index (χ1v) is 6.84. The van der Waals surface area contributed by atoms with Crippen LogP contribution in [0.1, 0.15) is 19.8 Å². The van der Waals surface area contributed by atoms with Crippen LogP contribution in [-0.4, -0.2) is 29.9 Å². The van der Waals surface area contributed by atoms with Crippen LogP contribution in [0, 0.1) is 11.2 Å². The molecule has 2 heterocycles. The number of nitrogens with two attached hydrogens (primary N) is 1. The molecule has 5 nitrogen and oxygen atoms in total. The molecule has 1 aromatic carbocycles. The topological polar surface area (TPSA) is 76.0 Å². The monoisotopic (exact) mass is 278 g/mol. The van der Waals surface area contributed by atoms with E-state index >= 15 is 0 Å². The Morgan fingerprint density at radius 1 is 1.40 bits per heavy atom. The predicted octanol–water partition coefficient (Wildman–Crippen LogP) is 2.05. The largest absolute Gasteiger partial charge is 0.493 e. The van der Waals surface area contributed by atoms with E-state index in [0.717, 1.165) is 25.9 Å². The minimum absolute atomic E-state index is 0.143. The fourth-order valence-electron chi connectivity index (χ4n) is 2.62. The molecule has 1 aliphatic rings. The van der Waals surface area contributed by atoms with Gasteiger partial charge in [-0.25, -0.2) is 4.39 Å². The van der Waals surface area contributed by atoms with Crippen molar-refractivity contribution in [3.63, 3.8) is 0 Å². The SMILES string of the molecule is CC1(COc2cc(F)c3c(N)n[nH]c3c2)CCNCC1. The van der Waals surface area contributed by atoms with Crippen molar-refractivity contribution < 1.29 is 9.13 Å². The summed E-state index contributed by atoms with van der Waals surface area (Å²) in [6.07, 6.45) is 2.13. The molecule has 1 saturated heterocycles. The van der Waals surface area contributed by atoms with Crippen molar-refractivity contribution in [3.05, 3.63) is 17.9 Å². The minimum atomic E-state index is -0.404. The molecule has 108 valence electrons. The summed E-state index contributed by atoms with van der Waals surface area (Å²) in [5.41, 5.74) is 6.31. The molecule has 0 bridgehead atoms. The molecule has 1 fully saturated rings. The number of benzene rings is 1. The normalized spacial score (nSPS) is 18.3. The molecule has 0 aliphatic carbocycles. The summed E-state index contributed by atoms with van der Waals surface area (Å²) in [5, 5.41) is 10.2. The van der Waals surface area contributed by atoms with E-state index in [1.54, 1.807) is 6.07 Å². The Morgan fingerprint density at radius 2 is 2.15 bits per heavy atom. The Labute approximate surface area is 116 Å². The van der Waals surface area contributed by atoms with E-state index in [4.69, 9.17) is 10.5 Å². The maximum Gasteiger partial charge on any atom is 0.156 e. The molecule has 0 atom stereocenters. The van der Waals surface area contributed by atoms with Crippen LogP contribution in [0.15, 0.2) is 12.1 Å². The van der Waals surface area contributed by atoms with Crippen LogP contribution in [0.5, 0.6) is 5.75 Å². The maximum atomic E-state index is 14.0. The fraction of sp³-hybridized carbons (Fsp3) is 0.500. The number of hydrogen-bond acceptors (Lipinski definition) is 4. The molecular formula is C14H19FN4O. The van der Waals surface area contributed by atoms with Gasteiger partial charge in [-0.1, -0.05) is 6.92 Å². The van der Waals surface area contributed by atoms with Crippen molar-refractivity contribution in [2.75, 3.05) is 25.4 Å². The Hall–Kier alpha value is -1.82. The summed E-state index contributed by atoms with van der Waals surface area (Å²) in [7, 11) is 0. The summed E-state index contributed by atoms with van der Waals surface area (Å²) >= 11 is 0. The van der Waals surface area contributed by atoms with Crippen molar-refractivity contribution in [1.29, 1.82) is 0 Å². The summed E-state index contributed by atoms with van der Waals surface area (Å²) in [5.74, 6) is 0.284. The highest BCUT2D eigenvalue weighted by Gasteiger charge is 2.27. The standard InChI is InChI=1S/C14H19FN4O/c1-14(2-4-17-5-3-14)8-20-9-6-10(15)12-11(7-9)18-19-13(12)16/h6-7,17H,2-5,8H2,1H3,(H3,16,18,19). The quantitative estimate of drug-likeness (QED) is 0.803. The van der Waals surface area contributed by atoms with Crippen LogP contribution in [-0.2, 0) is 0 Å². The van der Waals surface area contributed by atoms with Crippen LogP contribution in [0.4, 0.5) is 10.2 Å². The molecule has 0 radical (unpaired) electrons. The summed E-state index contributed by atoms with van der Waals surface area (Å²) < 4.78 is 19.8. The molecular weight excluding hydrogens is 259 g/mol. The number of halogens is 1. The maximum absolute atomic E-state index is 14.0. The first kappa shape index (κ1) is 13.2. The van der Waals surface area contributed by atoms with Gasteiger partial charge in [0.2, 0.25) is 0 Å². The number of anilines is 1. The van der Waals surface area contributed by atoms with Crippen molar-refractivity contribution in [1.82, 2.24) is 15.5 Å². The van der Waals surface area contributed by atoms with Gasteiger partial charge >= 0.3 is 0 Å². The highest BCUT2D eigenvalue weighted by atomic mass is 19.1. The highest BCUT2D eigenvalue weighted by molar-refractivity contribution is 5.90. The first-order valence-electron chi connectivity index (χ1n) is 6.84. The lowest BCUT2D eigenvalue weighted by atomic mass is 9.82. The van der Waals surface area contributed by atoms with Gasteiger partial charge in [0.1, 0.15) is 11.6 Å². The fourth-order valence-corrected chi connectivity index (χ4v) is 2.62. The third-order valence-corrected chi connectivity index (χ3v) is 4.01. The van der Waals surface area contributed by atoms with Gasteiger partial charge in [0, 0.05) is 17.5 Å². The molecule has 1 aromatic heterocycles. The van der Waals surface area contributed by atoms with E-state index in [2.05, 4.69) is 22.4 Å². The number of piperidine rings is 1. The Morgan fingerprint density at radius 3 is 2.90 bits per heavy atom. The second-order valence-electron chi connectivity index (χ2n) is 5.79. The van der Waals surface area contributed by atoms with Crippen molar-refractivity contribution in [3.8, 4) is 5.75 Å². The van der Waals surface area contributed by atoms with E-state index in [0.29, 0.717) is 23.3 Å². The van der Waals surface area contributed by atoms with E-state index in [1.807, 2.05) is 0 Å². The van der Waals surface area contributed by atoms with Gasteiger partial charge in [0.15, 0.2) is 5.82 Å². The Bertz CT molecular complexity index is 619. The van der Waals surface area contributed by atoms with Crippen LogP contribution in [0.2, 0.25) is 0 Å². The van der Waals surface area contributed by atoms with Crippen LogP contribution < -0.4 is 15.8 Å². The zero-order valence-corrected chi connectivity index (χ0v) is 11.5. The van der Waals surface area contributed by atoms with Gasteiger partial charge in [-0.05, 0) is 25.9 Å². The number of nitrogens with one attached hydrogen (secondary N) is 2. The molecule has 20 heavy (non-hydrogen) atoms. The van der Waals surface area contributed by atoms with Gasteiger partial charge in [0.25, 0.3) is 0 Å². The van der Waals surface area contributed by atoms with Gasteiger partial charge in [-0.15, -0.1) is 0 Å². The molecule has 0 spiro atoms. The van der Waals surface area contributed by atoms with Gasteiger partial charge in [0.05, 0.1) is 17.5 Å². The number of H-pyrrole nitrogens is 1. The number of fused-ring (bicyclic) bond motifs is 1. The van der Waals surface area contributed by atoms with Gasteiger partial charge < -0.3 is 15.8 Å². The Balaban J connectivity index is 1.77. The molecule has 2 aromatic rings. The Kier molecular flexibility index (Phi) is 3.25. The zero-order chi connectivity index (χ0) is 14.2. The van der Waals surface area contributed by atoms with Crippen molar-refractivity contribution >= 4 is 16.7 Å². The van der Waals surface area contributed by atoms with Crippen LogP contribution in [0.25, 0.3) is 10.9 Å². The molecule has 1 aliphatic heterocycles. The highest BCUT2D eigenvalue weighted by Crippen LogP contribution is 2.31. The lowest BCUT2D eigenvalue weighted by molar-refractivity contribution is 0.123. The van der Waals surface area contributed by atoms with Gasteiger partial charge in [-0.3, -0.25) is 5.10 Å². The minimum Gasteiger partial charge on any atom is -0.493 e. The number of nitrogen functional groups attached to an aromatic ring is 1. The molecule has 0 unspecified atom stereocenters. The van der Waals surface area contributed by atoms with E-state index in [-0.39, 0.29) is 11.2 Å². The van der Waals surface area contributed by atoms with Gasteiger partial charge in [-0.2, -0.15) is 5.10 Å². The van der Waals surface area contributed by atoms with E-state index in [9.17, 15) is 4.39 Å². The van der Waals surface area contributed by atoms with E-state index < -0.39 is 5.82 Å². The van der Waals surface area contributed by atoms with Crippen LogP contribution in [0.3, 0.4) is 0 Å². The summed E-state index contributed by atoms with van der Waals surface area (Å²) in [4.78, 5) is 0. The second-order valence-corrected chi connectivity index (χ2v) is 5.79. The summed E-state index contributed by atoms with van der Waals surface area (Å²) in [6, 6.07) is 3.12. The third kappa shape index (κ3) is 2.43. The van der Waals surface area contributed by atoms with Crippen LogP contribution >= 0.6 is 0 Å². The number of ether oxygens (including phenoxy) is 1. The average Bonchev–Trinajstić information content (AvgIpc) is 2.80. The smallest absolute Gasteiger partial charge is 0.156 e. The lowest BCUT2D eigenvalue weighted by Gasteiger charge is -2.33. The first-order chi connectivity index (χ1) is 9.57. The number of nitrogens with zero attached hydrogens (tertiary/aromatic N) is 1. The number of aromatic amines is 1. The molecule has 4 N–H and O–H groups in total.